The fourth-order valence-electron chi connectivity index (χ4n) is 5.65. The van der Waals surface area contributed by atoms with Crippen molar-refractivity contribution in [1.82, 2.24) is 29.2 Å². The van der Waals surface area contributed by atoms with Gasteiger partial charge in [0.05, 0.1) is 11.4 Å². The van der Waals surface area contributed by atoms with Crippen LogP contribution in [0.1, 0.15) is 59.0 Å². The SMILES string of the molecule is BN1CCN(c2c(C)nc(Nc3ncc4cc(C(=O)N(C)C)n(C5CCCC5)c4n3)c(C)c2C)CC1. The number of aryl methyl sites for hydroxylation is 1. The van der Waals surface area contributed by atoms with Crippen LogP contribution in [-0.4, -0.2) is 83.4 Å². The molecule has 0 unspecified atom stereocenters. The lowest BCUT2D eigenvalue weighted by Crippen LogP contribution is -2.45. The van der Waals surface area contributed by atoms with E-state index in [0.717, 1.165) is 67.1 Å². The van der Waals surface area contributed by atoms with Crippen molar-refractivity contribution >= 4 is 42.4 Å². The molecular weight excluding hydrogens is 451 g/mol. The third kappa shape index (κ3) is 4.43. The molecule has 3 aromatic heterocycles. The van der Waals surface area contributed by atoms with Gasteiger partial charge in [-0.15, -0.1) is 0 Å². The zero-order chi connectivity index (χ0) is 25.6. The number of aromatic nitrogens is 4. The Bertz CT molecular complexity index is 1290. The quantitative estimate of drug-likeness (QED) is 0.553. The Balaban J connectivity index is 1.50. The van der Waals surface area contributed by atoms with Gasteiger partial charge in [-0.05, 0) is 50.8 Å². The normalized spacial score (nSPS) is 17.2. The van der Waals surface area contributed by atoms with Crippen LogP contribution in [0.2, 0.25) is 0 Å². The van der Waals surface area contributed by atoms with E-state index < -0.39 is 0 Å². The lowest BCUT2D eigenvalue weighted by atomic mass is 10.1. The molecule has 0 aromatic carbocycles. The smallest absolute Gasteiger partial charge is 0.270 e. The molecule has 190 valence electrons. The topological polar surface area (TPSA) is 82.4 Å². The highest BCUT2D eigenvalue weighted by atomic mass is 16.2. The van der Waals surface area contributed by atoms with Gasteiger partial charge in [0.15, 0.2) is 7.98 Å². The number of nitrogens with zero attached hydrogens (tertiary/aromatic N) is 7. The van der Waals surface area contributed by atoms with E-state index in [1.807, 2.05) is 12.3 Å². The van der Waals surface area contributed by atoms with Gasteiger partial charge in [0, 0.05) is 57.9 Å². The van der Waals surface area contributed by atoms with Crippen molar-refractivity contribution in [2.75, 3.05) is 50.5 Å². The third-order valence-corrected chi connectivity index (χ3v) is 7.84. The van der Waals surface area contributed by atoms with E-state index in [0.29, 0.717) is 11.6 Å². The lowest BCUT2D eigenvalue weighted by Gasteiger charge is -2.36. The number of fused-ring (bicyclic) bond motifs is 1. The van der Waals surface area contributed by atoms with Gasteiger partial charge >= 0.3 is 0 Å². The summed E-state index contributed by atoms with van der Waals surface area (Å²) in [7, 11) is 5.76. The van der Waals surface area contributed by atoms with Crippen LogP contribution in [0.15, 0.2) is 12.3 Å². The Kier molecular flexibility index (Phi) is 6.63. The molecule has 1 N–H and O–H groups in total. The lowest BCUT2D eigenvalue weighted by molar-refractivity contribution is 0.0815. The second-order valence-corrected chi connectivity index (χ2v) is 10.6. The van der Waals surface area contributed by atoms with Gasteiger partial charge < -0.3 is 24.5 Å². The van der Waals surface area contributed by atoms with Gasteiger partial charge in [-0.25, -0.2) is 9.97 Å². The minimum atomic E-state index is -0.00216. The first-order valence-electron chi connectivity index (χ1n) is 13.0. The number of amides is 1. The number of anilines is 3. The number of hydrogen-bond acceptors (Lipinski definition) is 7. The molecule has 0 atom stereocenters. The van der Waals surface area contributed by atoms with Gasteiger partial charge in [-0.1, -0.05) is 12.8 Å². The number of rotatable bonds is 5. The van der Waals surface area contributed by atoms with Gasteiger partial charge in [0.2, 0.25) is 5.95 Å². The highest BCUT2D eigenvalue weighted by Gasteiger charge is 2.27. The molecule has 0 spiro atoms. The molecule has 3 aromatic rings. The van der Waals surface area contributed by atoms with Crippen LogP contribution < -0.4 is 10.2 Å². The zero-order valence-corrected chi connectivity index (χ0v) is 22.4. The van der Waals surface area contributed by atoms with Crippen molar-refractivity contribution in [2.45, 2.75) is 52.5 Å². The molecule has 10 heteroatoms. The molecule has 4 heterocycles. The van der Waals surface area contributed by atoms with Crippen LogP contribution >= 0.6 is 0 Å². The fourth-order valence-corrected chi connectivity index (χ4v) is 5.65. The Hall–Kier alpha value is -3.14. The van der Waals surface area contributed by atoms with Gasteiger partial charge in [-0.2, -0.15) is 4.98 Å². The van der Waals surface area contributed by atoms with E-state index in [9.17, 15) is 4.79 Å². The van der Waals surface area contributed by atoms with E-state index in [2.05, 4.69) is 53.3 Å². The summed E-state index contributed by atoms with van der Waals surface area (Å²) in [6.07, 6.45) is 6.30. The number of nitrogens with one attached hydrogen (secondary N) is 1. The molecular formula is C26H37BN8O. The molecule has 5 rings (SSSR count). The molecule has 36 heavy (non-hydrogen) atoms. The summed E-state index contributed by atoms with van der Waals surface area (Å²) < 4.78 is 2.14. The second-order valence-electron chi connectivity index (χ2n) is 10.6. The molecule has 2 fully saturated rings. The summed E-state index contributed by atoms with van der Waals surface area (Å²) in [5.74, 6) is 1.29. The average molecular weight is 488 g/mol. The summed E-state index contributed by atoms with van der Waals surface area (Å²) in [5.41, 5.74) is 6.09. The molecule has 1 saturated carbocycles. The fraction of sp³-hybridized carbons (Fsp3) is 0.538. The van der Waals surface area contributed by atoms with E-state index in [4.69, 9.17) is 9.97 Å². The molecule has 0 bridgehead atoms. The monoisotopic (exact) mass is 488 g/mol. The van der Waals surface area contributed by atoms with E-state index in [-0.39, 0.29) is 11.9 Å². The van der Waals surface area contributed by atoms with Crippen molar-refractivity contribution in [3.8, 4) is 0 Å². The number of piperazine rings is 1. The molecule has 1 saturated heterocycles. The van der Waals surface area contributed by atoms with E-state index in [1.165, 1.54) is 24.1 Å². The van der Waals surface area contributed by atoms with Crippen LogP contribution in [0.5, 0.6) is 0 Å². The molecule has 1 aliphatic heterocycles. The molecule has 0 radical (unpaired) electrons. The summed E-state index contributed by atoms with van der Waals surface area (Å²) in [6, 6.07) is 2.22. The second kappa shape index (κ2) is 9.73. The Labute approximate surface area is 214 Å². The maximum atomic E-state index is 13.0. The van der Waals surface area contributed by atoms with Crippen molar-refractivity contribution in [3.63, 3.8) is 0 Å². The first kappa shape index (κ1) is 24.6. The van der Waals surface area contributed by atoms with Crippen molar-refractivity contribution in [3.05, 3.63) is 34.8 Å². The van der Waals surface area contributed by atoms with Crippen LogP contribution in [0.4, 0.5) is 17.5 Å². The van der Waals surface area contributed by atoms with Gasteiger partial charge in [0.1, 0.15) is 17.2 Å². The van der Waals surface area contributed by atoms with Gasteiger partial charge in [-0.3, -0.25) is 4.79 Å². The predicted octanol–water partition coefficient (Wildman–Crippen LogP) is 2.98. The van der Waals surface area contributed by atoms with Crippen molar-refractivity contribution < 1.29 is 4.79 Å². The first-order chi connectivity index (χ1) is 17.2. The molecule has 1 aliphatic carbocycles. The third-order valence-electron chi connectivity index (χ3n) is 7.84. The van der Waals surface area contributed by atoms with Crippen LogP contribution in [0.3, 0.4) is 0 Å². The van der Waals surface area contributed by atoms with Crippen LogP contribution in [0.25, 0.3) is 11.0 Å². The summed E-state index contributed by atoms with van der Waals surface area (Å²) in [4.78, 5) is 33.9. The van der Waals surface area contributed by atoms with E-state index >= 15 is 0 Å². The zero-order valence-electron chi connectivity index (χ0n) is 22.4. The summed E-state index contributed by atoms with van der Waals surface area (Å²) in [5, 5.41) is 4.28. The first-order valence-corrected chi connectivity index (χ1v) is 13.0. The highest BCUT2D eigenvalue weighted by Crippen LogP contribution is 2.35. The Morgan fingerprint density at radius 2 is 1.75 bits per heavy atom. The van der Waals surface area contributed by atoms with Crippen molar-refractivity contribution in [2.24, 2.45) is 0 Å². The number of carbonyl (C=O) groups excluding carboxylic acids is 1. The Morgan fingerprint density at radius 3 is 2.42 bits per heavy atom. The van der Waals surface area contributed by atoms with Crippen LogP contribution in [0, 0.1) is 20.8 Å². The maximum absolute atomic E-state index is 13.0. The molecule has 9 nitrogen and oxygen atoms in total. The number of carbonyl (C=O) groups is 1. The Morgan fingerprint density at radius 1 is 1.06 bits per heavy atom. The molecule has 2 aliphatic rings. The highest BCUT2D eigenvalue weighted by molar-refractivity contribution is 6.04. The van der Waals surface area contributed by atoms with Gasteiger partial charge in [0.25, 0.3) is 5.91 Å². The van der Waals surface area contributed by atoms with Crippen molar-refractivity contribution in [1.29, 1.82) is 0 Å². The summed E-state index contributed by atoms with van der Waals surface area (Å²) >= 11 is 0. The van der Waals surface area contributed by atoms with E-state index in [1.54, 1.807) is 19.0 Å². The number of pyridine rings is 1. The average Bonchev–Trinajstić information content (AvgIpc) is 3.50. The largest absolute Gasteiger partial charge is 0.367 e. The summed E-state index contributed by atoms with van der Waals surface area (Å²) in [6.45, 7) is 10.5. The minimum Gasteiger partial charge on any atom is -0.367 e. The standard InChI is InChI=1S/C26H37BN8O/c1-16-17(2)23(29-18(3)22(16)33-10-12-34(27)13-11-33)30-26-28-15-19-14-21(25(36)32(4)5)35(24(19)31-26)20-8-6-7-9-20/h14-15,20H,6-13,27H2,1-5H3,(H,28,29,30,31). The minimum absolute atomic E-state index is 0.00216. The maximum Gasteiger partial charge on any atom is 0.270 e. The molecule has 1 amide bonds. The predicted molar refractivity (Wildman–Crippen MR) is 147 cm³/mol. The number of hydrogen-bond donors (Lipinski definition) is 1. The van der Waals surface area contributed by atoms with Crippen LogP contribution in [-0.2, 0) is 0 Å².